The average Bonchev–Trinajstić information content (AvgIpc) is 3.43. The first kappa shape index (κ1) is 72.0. The summed E-state index contributed by atoms with van der Waals surface area (Å²) < 4.78 is 24.5. The number of esters is 1. The number of hydrogen-bond acceptors (Lipinski definition) is 9. The van der Waals surface area contributed by atoms with E-state index < -0.39 is 17.9 Å². The number of hydrogen-bond donors (Lipinski definition) is 1. The Balaban J connectivity index is 2.80. The summed E-state index contributed by atoms with van der Waals surface area (Å²) in [6, 6.07) is 3.32. The first-order chi connectivity index (χ1) is 37.9. The molecule has 1 aromatic rings. The van der Waals surface area contributed by atoms with E-state index in [1.54, 1.807) is 12.1 Å². The monoisotopic (exact) mass is 1090 g/mol. The highest BCUT2D eigenvalue weighted by atomic mass is 17.2. The minimum absolute atomic E-state index is 0.181. The van der Waals surface area contributed by atoms with Crippen molar-refractivity contribution in [3.63, 3.8) is 0 Å². The van der Waals surface area contributed by atoms with Gasteiger partial charge in [0, 0.05) is 0 Å². The molecule has 1 N–H and O–H groups in total. The molecule has 0 bridgehead atoms. The lowest BCUT2D eigenvalue weighted by atomic mass is 10.0. The Hall–Kier alpha value is -3.01. The fourth-order valence-electron chi connectivity index (χ4n) is 10.2. The molecule has 10 nitrogen and oxygen atoms in total. The molecule has 0 amide bonds. The van der Waals surface area contributed by atoms with Gasteiger partial charge in [0.2, 0.25) is 5.75 Å². The second kappa shape index (κ2) is 57.7. The predicted molar refractivity (Wildman–Crippen MR) is 321 cm³/mol. The van der Waals surface area contributed by atoms with E-state index in [1.807, 2.05) is 0 Å². The van der Waals surface area contributed by atoms with Gasteiger partial charge in [-0.3, -0.25) is 14.5 Å². The molecule has 0 spiro atoms. The van der Waals surface area contributed by atoms with Crippen LogP contribution < -0.4 is 14.2 Å². The number of benzene rings is 1. The fourth-order valence-corrected chi connectivity index (χ4v) is 10.2. The standard InChI is InChI=1S/C67H122O10/c1-4-7-10-13-16-19-22-25-28-31-34-37-40-43-46-49-54-72-62-59-61(67(71)77-76-58-57-74-65(70)53-52-64(68)69)60-63(73-55-50-47-44-41-38-35-32-29-26-23-20-17-14-11-8-5-2)66(62)75-56-51-48-45-42-39-36-33-30-27-24-21-18-15-12-9-6-3/h59-60H,4-58H2,1-3H3,(H,68,69). The van der Waals surface area contributed by atoms with E-state index in [9.17, 15) is 14.4 Å². The Morgan fingerprint density at radius 1 is 0.338 bits per heavy atom. The van der Waals surface area contributed by atoms with Gasteiger partial charge in [-0.1, -0.05) is 310 Å². The first-order valence-corrected chi connectivity index (χ1v) is 33.2. The van der Waals surface area contributed by atoms with Crippen LogP contribution in [0.1, 0.15) is 352 Å². The van der Waals surface area contributed by atoms with Crippen molar-refractivity contribution in [2.24, 2.45) is 0 Å². The highest BCUT2D eigenvalue weighted by Crippen LogP contribution is 2.40. The molecule has 450 valence electrons. The molecule has 1 aromatic carbocycles. The minimum atomic E-state index is -1.08. The topological polar surface area (TPSA) is 127 Å². The van der Waals surface area contributed by atoms with E-state index in [0.29, 0.717) is 37.1 Å². The number of unbranched alkanes of at least 4 members (excludes halogenated alkanes) is 45. The lowest BCUT2D eigenvalue weighted by Crippen LogP contribution is -2.14. The van der Waals surface area contributed by atoms with E-state index in [-0.39, 0.29) is 31.6 Å². The highest BCUT2D eigenvalue weighted by molar-refractivity contribution is 5.90. The van der Waals surface area contributed by atoms with Crippen molar-refractivity contribution in [1.82, 2.24) is 0 Å². The van der Waals surface area contributed by atoms with Crippen molar-refractivity contribution >= 4 is 17.9 Å². The Bertz CT molecular complexity index is 1390. The van der Waals surface area contributed by atoms with E-state index in [0.717, 1.165) is 38.5 Å². The van der Waals surface area contributed by atoms with Gasteiger partial charge in [0.1, 0.15) is 13.2 Å². The Morgan fingerprint density at radius 2 is 0.610 bits per heavy atom. The maximum absolute atomic E-state index is 13.5. The van der Waals surface area contributed by atoms with Gasteiger partial charge in [0.05, 0.1) is 38.2 Å². The van der Waals surface area contributed by atoms with Crippen molar-refractivity contribution < 1.29 is 48.2 Å². The predicted octanol–water partition coefficient (Wildman–Crippen LogP) is 21.1. The van der Waals surface area contributed by atoms with Gasteiger partial charge in [0.15, 0.2) is 11.5 Å². The van der Waals surface area contributed by atoms with Crippen molar-refractivity contribution in [3.05, 3.63) is 17.7 Å². The molecule has 0 unspecified atom stereocenters. The van der Waals surface area contributed by atoms with E-state index in [2.05, 4.69) is 20.8 Å². The van der Waals surface area contributed by atoms with Crippen molar-refractivity contribution in [3.8, 4) is 17.2 Å². The molecular weight excluding hydrogens is 965 g/mol. The van der Waals surface area contributed by atoms with E-state index in [1.165, 1.54) is 270 Å². The molecular formula is C67H122O10. The summed E-state index contributed by atoms with van der Waals surface area (Å²) in [5.74, 6) is -1.01. The number of carboxylic acid groups (broad SMARTS) is 1. The second-order valence-electron chi connectivity index (χ2n) is 22.6. The van der Waals surface area contributed by atoms with Crippen LogP contribution >= 0.6 is 0 Å². The third-order valence-corrected chi connectivity index (χ3v) is 15.1. The zero-order chi connectivity index (χ0) is 55.6. The summed E-state index contributed by atoms with van der Waals surface area (Å²) in [5, 5.41) is 8.84. The molecule has 0 saturated carbocycles. The first-order valence-electron chi connectivity index (χ1n) is 33.2. The van der Waals surface area contributed by atoms with Crippen LogP contribution in [0.3, 0.4) is 0 Å². The molecule has 10 heteroatoms. The maximum Gasteiger partial charge on any atom is 0.373 e. The van der Waals surface area contributed by atoms with Crippen LogP contribution in [-0.2, 0) is 24.1 Å². The maximum atomic E-state index is 13.5. The SMILES string of the molecule is CCCCCCCCCCCCCCCCCCOc1cc(C(=O)OOCCOC(=O)CCC(=O)O)cc(OCCCCCCCCCCCCCCCCCC)c1OCCCCCCCCCCCCCCCCCC. The molecule has 0 atom stereocenters. The number of carbonyl (C=O) groups is 3. The molecule has 77 heavy (non-hydrogen) atoms. The Labute approximate surface area is 474 Å². The summed E-state index contributed by atoms with van der Waals surface area (Å²) in [7, 11) is 0. The van der Waals surface area contributed by atoms with Gasteiger partial charge in [-0.15, -0.1) is 0 Å². The molecule has 0 aromatic heterocycles. The smallest absolute Gasteiger partial charge is 0.373 e. The third kappa shape index (κ3) is 48.6. The molecule has 1 rings (SSSR count). The molecule has 0 fully saturated rings. The summed E-state index contributed by atoms with van der Waals surface area (Å²) in [4.78, 5) is 46.4. The largest absolute Gasteiger partial charge is 0.490 e. The molecule has 0 radical (unpaired) electrons. The highest BCUT2D eigenvalue weighted by Gasteiger charge is 2.21. The van der Waals surface area contributed by atoms with Crippen molar-refractivity contribution in [2.75, 3.05) is 33.0 Å². The molecule has 0 aliphatic heterocycles. The number of ether oxygens (including phenoxy) is 4. The van der Waals surface area contributed by atoms with Gasteiger partial charge >= 0.3 is 17.9 Å². The lowest BCUT2D eigenvalue weighted by molar-refractivity contribution is -0.246. The number of carbonyl (C=O) groups excluding carboxylic acids is 2. The average molecular weight is 1090 g/mol. The van der Waals surface area contributed by atoms with Crippen LogP contribution in [0, 0.1) is 0 Å². The Kier molecular flexibility index (Phi) is 53.9. The van der Waals surface area contributed by atoms with Crippen LogP contribution in [0.15, 0.2) is 12.1 Å². The van der Waals surface area contributed by atoms with Crippen LogP contribution in [0.25, 0.3) is 0 Å². The van der Waals surface area contributed by atoms with E-state index >= 15 is 0 Å². The summed E-state index contributed by atoms with van der Waals surface area (Å²) in [6.07, 6.45) is 61.9. The van der Waals surface area contributed by atoms with Gasteiger partial charge in [-0.25, -0.2) is 4.79 Å². The van der Waals surface area contributed by atoms with Crippen LogP contribution in [0.2, 0.25) is 0 Å². The van der Waals surface area contributed by atoms with Crippen molar-refractivity contribution in [2.45, 2.75) is 342 Å². The molecule has 0 aliphatic rings. The lowest BCUT2D eigenvalue weighted by Gasteiger charge is -2.18. The minimum Gasteiger partial charge on any atom is -0.490 e. The molecule has 0 aliphatic carbocycles. The molecule has 0 saturated heterocycles. The van der Waals surface area contributed by atoms with Gasteiger partial charge in [-0.2, -0.15) is 4.89 Å². The third-order valence-electron chi connectivity index (χ3n) is 15.1. The van der Waals surface area contributed by atoms with Crippen molar-refractivity contribution in [1.29, 1.82) is 0 Å². The van der Waals surface area contributed by atoms with Crippen LogP contribution in [0.5, 0.6) is 17.2 Å². The van der Waals surface area contributed by atoms with Gasteiger partial charge in [-0.05, 0) is 31.4 Å². The fraction of sp³-hybridized carbons (Fsp3) is 0.866. The summed E-state index contributed by atoms with van der Waals surface area (Å²) in [6.45, 7) is 7.98. The van der Waals surface area contributed by atoms with Gasteiger partial charge in [0.25, 0.3) is 0 Å². The number of carboxylic acids is 1. The van der Waals surface area contributed by atoms with Gasteiger partial charge < -0.3 is 24.1 Å². The zero-order valence-electron chi connectivity index (χ0n) is 50.7. The zero-order valence-corrected chi connectivity index (χ0v) is 50.7. The van der Waals surface area contributed by atoms with Crippen LogP contribution in [0.4, 0.5) is 0 Å². The number of aliphatic carboxylic acids is 1. The van der Waals surface area contributed by atoms with E-state index in [4.69, 9.17) is 33.8 Å². The Morgan fingerprint density at radius 3 is 0.896 bits per heavy atom. The number of rotatable bonds is 62. The second-order valence-corrected chi connectivity index (χ2v) is 22.6. The normalized spacial score (nSPS) is 11.3. The van der Waals surface area contributed by atoms with Crippen LogP contribution in [-0.4, -0.2) is 56.0 Å². The quantitative estimate of drug-likeness (QED) is 0.0292. The summed E-state index contributed by atoms with van der Waals surface area (Å²) in [5.41, 5.74) is 0.210. The molecule has 0 heterocycles. The summed E-state index contributed by atoms with van der Waals surface area (Å²) >= 11 is 0.